The number of nitrogens with one attached hydrogen (secondary N) is 2. The molecular formula is C28H43Cl2F3N6O2. The van der Waals surface area contributed by atoms with Crippen molar-refractivity contribution in [2.75, 3.05) is 36.9 Å². The summed E-state index contributed by atoms with van der Waals surface area (Å²) in [5, 5.41) is 6.04. The zero-order chi connectivity index (χ0) is 27.0. The molecule has 0 aliphatic rings. The van der Waals surface area contributed by atoms with Crippen molar-refractivity contribution in [1.29, 1.82) is 0 Å². The SMILES string of the molecule is C.C.CCOC(=O)Nc1cc(NC(C)CCCN(CC)CC)c2ncc(-c3ccc(C(F)(F)F)cc3)nc2n1.Cl.Cl. The van der Waals surface area contributed by atoms with Crippen LogP contribution in [0.3, 0.4) is 0 Å². The monoisotopic (exact) mass is 622 g/mol. The van der Waals surface area contributed by atoms with Crippen LogP contribution in [0, 0.1) is 0 Å². The van der Waals surface area contributed by atoms with E-state index >= 15 is 0 Å². The Kier molecular flexibility index (Phi) is 18.2. The van der Waals surface area contributed by atoms with Crippen LogP contribution in [-0.2, 0) is 10.9 Å². The molecule has 13 heteroatoms. The van der Waals surface area contributed by atoms with Crippen molar-refractivity contribution in [3.05, 3.63) is 42.1 Å². The Balaban J connectivity index is 0. The summed E-state index contributed by atoms with van der Waals surface area (Å²) in [4.78, 5) is 27.8. The number of amides is 1. The number of pyridine rings is 1. The standard InChI is InChI=1S/C26H33F3N6O2.2CH4.2ClH/c1-5-35(6-2)14-8-9-17(4)31-20-15-22(34-25(36)37-7-3)33-24-23(20)30-16-21(32-24)18-10-12-19(13-11-18)26(27,28)29;;;;/h10-13,15-17H,5-9,14H2,1-4H3,(H2,31,32,33,34,36);2*1H4;2*1H. The van der Waals surface area contributed by atoms with Crippen LogP contribution in [0.25, 0.3) is 22.4 Å². The molecule has 2 aromatic heterocycles. The molecule has 0 saturated carbocycles. The van der Waals surface area contributed by atoms with Gasteiger partial charge in [0.2, 0.25) is 0 Å². The quantitative estimate of drug-likeness (QED) is 0.222. The second-order valence-electron chi connectivity index (χ2n) is 8.62. The molecule has 0 aliphatic carbocycles. The molecule has 1 aromatic carbocycles. The third-order valence-electron chi connectivity index (χ3n) is 5.94. The van der Waals surface area contributed by atoms with Gasteiger partial charge in [0.05, 0.1) is 29.7 Å². The van der Waals surface area contributed by atoms with Gasteiger partial charge in [-0.2, -0.15) is 13.2 Å². The number of hydrogen-bond acceptors (Lipinski definition) is 7. The molecule has 232 valence electrons. The molecule has 1 amide bonds. The van der Waals surface area contributed by atoms with Crippen LogP contribution in [0.1, 0.15) is 61.0 Å². The van der Waals surface area contributed by atoms with Crippen molar-refractivity contribution < 1.29 is 22.7 Å². The molecule has 0 radical (unpaired) electrons. The summed E-state index contributed by atoms with van der Waals surface area (Å²) in [5.41, 5.74) is 1.45. The zero-order valence-electron chi connectivity index (χ0n) is 22.3. The van der Waals surface area contributed by atoms with E-state index in [0.29, 0.717) is 22.5 Å². The molecule has 8 nitrogen and oxygen atoms in total. The molecule has 41 heavy (non-hydrogen) atoms. The summed E-state index contributed by atoms with van der Waals surface area (Å²) >= 11 is 0. The van der Waals surface area contributed by atoms with Crippen molar-refractivity contribution in [2.45, 2.75) is 67.6 Å². The fraction of sp³-hybridized carbons (Fsp3) is 0.500. The van der Waals surface area contributed by atoms with Gasteiger partial charge in [-0.25, -0.2) is 19.7 Å². The zero-order valence-corrected chi connectivity index (χ0v) is 24.0. The summed E-state index contributed by atoms with van der Waals surface area (Å²) < 4.78 is 43.8. The maximum absolute atomic E-state index is 12.9. The van der Waals surface area contributed by atoms with E-state index in [1.165, 1.54) is 18.3 Å². The Morgan fingerprint density at radius 2 is 1.68 bits per heavy atom. The van der Waals surface area contributed by atoms with Crippen LogP contribution in [0.15, 0.2) is 36.5 Å². The van der Waals surface area contributed by atoms with Gasteiger partial charge in [-0.3, -0.25) is 5.32 Å². The second kappa shape index (κ2) is 18.5. The lowest BCUT2D eigenvalue weighted by Crippen LogP contribution is -2.25. The molecule has 1 unspecified atom stereocenters. The Labute approximate surface area is 253 Å². The number of nitrogens with zero attached hydrogens (tertiary/aromatic N) is 4. The Morgan fingerprint density at radius 1 is 1.05 bits per heavy atom. The van der Waals surface area contributed by atoms with Crippen LogP contribution in [0.5, 0.6) is 0 Å². The molecule has 2 N–H and O–H groups in total. The van der Waals surface area contributed by atoms with Crippen molar-refractivity contribution in [1.82, 2.24) is 19.9 Å². The number of fused-ring (bicyclic) bond motifs is 1. The van der Waals surface area contributed by atoms with Crippen molar-refractivity contribution in [2.24, 2.45) is 0 Å². The van der Waals surface area contributed by atoms with Gasteiger partial charge in [0.25, 0.3) is 0 Å². The predicted molar refractivity (Wildman–Crippen MR) is 166 cm³/mol. The van der Waals surface area contributed by atoms with Gasteiger partial charge in [0.15, 0.2) is 5.65 Å². The van der Waals surface area contributed by atoms with E-state index in [-0.39, 0.29) is 63.8 Å². The molecule has 0 spiro atoms. The third kappa shape index (κ3) is 11.5. The van der Waals surface area contributed by atoms with E-state index in [2.05, 4.69) is 51.3 Å². The first-order valence-corrected chi connectivity index (χ1v) is 12.4. The number of anilines is 2. The maximum Gasteiger partial charge on any atom is 0.416 e. The molecule has 1 atom stereocenters. The number of carbonyl (C=O) groups is 1. The lowest BCUT2D eigenvalue weighted by molar-refractivity contribution is -0.137. The maximum atomic E-state index is 12.9. The first-order chi connectivity index (χ1) is 17.6. The first-order valence-electron chi connectivity index (χ1n) is 12.4. The normalized spacial score (nSPS) is 11.3. The van der Waals surface area contributed by atoms with Gasteiger partial charge >= 0.3 is 12.3 Å². The highest BCUT2D eigenvalue weighted by atomic mass is 35.5. The lowest BCUT2D eigenvalue weighted by Gasteiger charge is -2.21. The van der Waals surface area contributed by atoms with Gasteiger partial charge in [-0.1, -0.05) is 40.8 Å². The highest BCUT2D eigenvalue weighted by molar-refractivity contribution is 5.92. The van der Waals surface area contributed by atoms with E-state index < -0.39 is 17.8 Å². The van der Waals surface area contributed by atoms with Crippen LogP contribution in [-0.4, -0.2) is 58.2 Å². The largest absolute Gasteiger partial charge is 0.450 e. The summed E-state index contributed by atoms with van der Waals surface area (Å²) in [6, 6.07) is 6.47. The highest BCUT2D eigenvalue weighted by Gasteiger charge is 2.30. The minimum Gasteiger partial charge on any atom is -0.450 e. The third-order valence-corrected chi connectivity index (χ3v) is 5.94. The van der Waals surface area contributed by atoms with E-state index in [1.807, 2.05) is 0 Å². The second-order valence-corrected chi connectivity index (χ2v) is 8.62. The Hall–Kier alpha value is -2.89. The van der Waals surface area contributed by atoms with Gasteiger partial charge in [-0.15, -0.1) is 24.8 Å². The lowest BCUT2D eigenvalue weighted by atomic mass is 10.1. The van der Waals surface area contributed by atoms with Crippen LogP contribution in [0.2, 0.25) is 0 Å². The van der Waals surface area contributed by atoms with Gasteiger partial charge in [0, 0.05) is 17.7 Å². The average molecular weight is 624 g/mol. The summed E-state index contributed by atoms with van der Waals surface area (Å²) in [6.45, 7) is 11.3. The number of aromatic nitrogens is 3. The number of carbonyl (C=O) groups excluding carboxylic acids is 1. The Bertz CT molecular complexity index is 1200. The molecule has 0 bridgehead atoms. The summed E-state index contributed by atoms with van der Waals surface area (Å²) in [7, 11) is 0. The number of hydrogen-bond donors (Lipinski definition) is 2. The molecule has 0 fully saturated rings. The highest BCUT2D eigenvalue weighted by Crippen LogP contribution is 2.31. The van der Waals surface area contributed by atoms with Crippen molar-refractivity contribution in [3.8, 4) is 11.3 Å². The topological polar surface area (TPSA) is 92.3 Å². The molecule has 0 aliphatic heterocycles. The van der Waals surface area contributed by atoms with E-state index in [4.69, 9.17) is 4.74 Å². The van der Waals surface area contributed by atoms with E-state index in [9.17, 15) is 18.0 Å². The van der Waals surface area contributed by atoms with Gasteiger partial charge in [-0.05, 0) is 58.5 Å². The van der Waals surface area contributed by atoms with E-state index in [1.54, 1.807) is 13.0 Å². The van der Waals surface area contributed by atoms with Gasteiger partial charge < -0.3 is 15.0 Å². The fourth-order valence-electron chi connectivity index (χ4n) is 3.91. The smallest absolute Gasteiger partial charge is 0.416 e. The number of halogens is 5. The fourth-order valence-corrected chi connectivity index (χ4v) is 3.91. The molecular weight excluding hydrogens is 580 g/mol. The predicted octanol–water partition coefficient (Wildman–Crippen LogP) is 8.32. The Morgan fingerprint density at radius 3 is 2.24 bits per heavy atom. The van der Waals surface area contributed by atoms with E-state index in [0.717, 1.165) is 44.6 Å². The number of rotatable bonds is 11. The summed E-state index contributed by atoms with van der Waals surface area (Å²) in [6.07, 6.45) is -1.65. The molecule has 3 aromatic rings. The van der Waals surface area contributed by atoms with Gasteiger partial charge in [0.1, 0.15) is 11.3 Å². The minimum absolute atomic E-state index is 0. The number of benzene rings is 1. The van der Waals surface area contributed by atoms with Crippen molar-refractivity contribution in [3.63, 3.8) is 0 Å². The van der Waals surface area contributed by atoms with Crippen molar-refractivity contribution >= 4 is 53.6 Å². The first kappa shape index (κ1) is 40.2. The van der Waals surface area contributed by atoms with Crippen LogP contribution < -0.4 is 10.6 Å². The minimum atomic E-state index is -4.43. The summed E-state index contributed by atoms with van der Waals surface area (Å²) in [5.74, 6) is 0.225. The molecule has 0 saturated heterocycles. The number of ether oxygens (including phenoxy) is 1. The number of alkyl halides is 3. The van der Waals surface area contributed by atoms with Crippen LogP contribution >= 0.6 is 24.8 Å². The molecule has 2 heterocycles. The molecule has 3 rings (SSSR count). The van der Waals surface area contributed by atoms with Crippen LogP contribution in [0.4, 0.5) is 29.5 Å². The average Bonchev–Trinajstić information content (AvgIpc) is 2.86.